The van der Waals surface area contributed by atoms with Crippen LogP contribution in [0, 0.1) is 17.0 Å². The number of likely N-dealkylation sites (N-methyl/N-ethyl adjacent to an activating group) is 2. The molecule has 4 rings (SSSR count). The van der Waals surface area contributed by atoms with Crippen molar-refractivity contribution < 1.29 is 27.9 Å². The molecule has 10 heteroatoms. The van der Waals surface area contributed by atoms with Gasteiger partial charge in [0.1, 0.15) is 17.7 Å². The van der Waals surface area contributed by atoms with E-state index in [4.69, 9.17) is 4.74 Å². The topological polar surface area (TPSA) is 91.0 Å². The number of benzene rings is 2. The van der Waals surface area contributed by atoms with Crippen molar-refractivity contribution in [3.8, 4) is 0 Å². The molecular formula is C30H38F2N4O4. The van der Waals surface area contributed by atoms with E-state index >= 15 is 0 Å². The van der Waals surface area contributed by atoms with E-state index in [0.717, 1.165) is 11.1 Å². The number of ether oxygens (including phenoxy) is 1. The van der Waals surface area contributed by atoms with Crippen molar-refractivity contribution in [2.45, 2.75) is 50.8 Å². The first-order valence-electron chi connectivity index (χ1n) is 13.6. The van der Waals surface area contributed by atoms with E-state index < -0.39 is 17.0 Å². The van der Waals surface area contributed by atoms with Crippen LogP contribution in [0.4, 0.5) is 8.78 Å². The third-order valence-corrected chi connectivity index (χ3v) is 8.27. The summed E-state index contributed by atoms with van der Waals surface area (Å²) in [5.41, 5.74) is -0.185. The van der Waals surface area contributed by atoms with Gasteiger partial charge in [0.25, 0.3) is 0 Å². The first kappa shape index (κ1) is 29.6. The Kier molecular flexibility index (Phi) is 8.90. The quantitative estimate of drug-likeness (QED) is 0.496. The third kappa shape index (κ3) is 6.18. The number of likely N-dealkylation sites (tertiary alicyclic amines) is 2. The fourth-order valence-electron chi connectivity index (χ4n) is 5.63. The highest BCUT2D eigenvalue weighted by Gasteiger charge is 2.56. The molecule has 2 aliphatic rings. The summed E-state index contributed by atoms with van der Waals surface area (Å²) in [6.07, 6.45) is 1.22. The molecule has 40 heavy (non-hydrogen) atoms. The SMILES string of the molecule is CNC(C)(C)C(=O)NC(COCc1ccc(F)cc1)C(=O)N1CCCC2(C1)C(=O)N(C)CC2c1ccc(F)cc1. The predicted octanol–water partition coefficient (Wildman–Crippen LogP) is 2.83. The molecule has 0 saturated carbocycles. The lowest BCUT2D eigenvalue weighted by molar-refractivity contribution is -0.147. The van der Waals surface area contributed by atoms with Gasteiger partial charge in [-0.05, 0) is 69.1 Å². The van der Waals surface area contributed by atoms with E-state index in [1.807, 2.05) is 0 Å². The molecule has 0 aromatic heterocycles. The second-order valence-electron chi connectivity index (χ2n) is 11.4. The summed E-state index contributed by atoms with van der Waals surface area (Å²) >= 11 is 0. The van der Waals surface area contributed by atoms with Gasteiger partial charge in [-0.15, -0.1) is 0 Å². The molecule has 3 atom stereocenters. The number of carbonyl (C=O) groups excluding carboxylic acids is 3. The molecule has 2 aromatic rings. The van der Waals surface area contributed by atoms with Crippen molar-refractivity contribution in [3.63, 3.8) is 0 Å². The van der Waals surface area contributed by atoms with Crippen molar-refractivity contribution in [3.05, 3.63) is 71.3 Å². The van der Waals surface area contributed by atoms with Crippen LogP contribution in [0.3, 0.4) is 0 Å². The average Bonchev–Trinajstić information content (AvgIpc) is 3.18. The summed E-state index contributed by atoms with van der Waals surface area (Å²) in [7, 11) is 3.41. The number of nitrogens with one attached hydrogen (secondary N) is 2. The number of halogens is 2. The Hall–Kier alpha value is -3.37. The van der Waals surface area contributed by atoms with E-state index in [9.17, 15) is 23.2 Å². The fourth-order valence-corrected chi connectivity index (χ4v) is 5.63. The Morgan fingerprint density at radius 1 is 1.10 bits per heavy atom. The molecule has 216 valence electrons. The monoisotopic (exact) mass is 556 g/mol. The van der Waals surface area contributed by atoms with Gasteiger partial charge in [0, 0.05) is 32.6 Å². The minimum absolute atomic E-state index is 0.0382. The lowest BCUT2D eigenvalue weighted by Gasteiger charge is -2.43. The maximum absolute atomic E-state index is 13.9. The van der Waals surface area contributed by atoms with E-state index in [-0.39, 0.29) is 55.0 Å². The summed E-state index contributed by atoms with van der Waals surface area (Å²) in [5.74, 6) is -1.65. The Morgan fingerprint density at radius 3 is 2.35 bits per heavy atom. The summed E-state index contributed by atoms with van der Waals surface area (Å²) < 4.78 is 32.8. The smallest absolute Gasteiger partial charge is 0.247 e. The average molecular weight is 557 g/mol. The van der Waals surface area contributed by atoms with Crippen molar-refractivity contribution in [1.29, 1.82) is 0 Å². The van der Waals surface area contributed by atoms with Gasteiger partial charge in [-0.2, -0.15) is 0 Å². The first-order valence-corrected chi connectivity index (χ1v) is 13.6. The predicted molar refractivity (Wildman–Crippen MR) is 146 cm³/mol. The molecule has 3 unspecified atom stereocenters. The lowest BCUT2D eigenvalue weighted by atomic mass is 9.69. The number of hydrogen-bond acceptors (Lipinski definition) is 5. The van der Waals surface area contributed by atoms with Crippen LogP contribution in [0.2, 0.25) is 0 Å². The van der Waals surface area contributed by atoms with Gasteiger partial charge in [0.15, 0.2) is 0 Å². The second kappa shape index (κ2) is 12.0. The lowest BCUT2D eigenvalue weighted by Crippen LogP contribution is -2.60. The number of carbonyl (C=O) groups is 3. The van der Waals surface area contributed by atoms with Gasteiger partial charge < -0.3 is 25.2 Å². The maximum Gasteiger partial charge on any atom is 0.247 e. The molecule has 2 N–H and O–H groups in total. The maximum atomic E-state index is 13.9. The molecular weight excluding hydrogens is 518 g/mol. The van der Waals surface area contributed by atoms with E-state index in [1.165, 1.54) is 24.3 Å². The zero-order valence-electron chi connectivity index (χ0n) is 23.5. The molecule has 0 aliphatic carbocycles. The molecule has 1 spiro atoms. The number of rotatable bonds is 9. The van der Waals surface area contributed by atoms with Gasteiger partial charge in [0.05, 0.1) is 24.2 Å². The van der Waals surface area contributed by atoms with Crippen molar-refractivity contribution >= 4 is 17.7 Å². The van der Waals surface area contributed by atoms with Crippen LogP contribution in [-0.2, 0) is 25.7 Å². The van der Waals surface area contributed by atoms with Gasteiger partial charge in [-0.3, -0.25) is 14.4 Å². The van der Waals surface area contributed by atoms with Gasteiger partial charge in [-0.1, -0.05) is 24.3 Å². The van der Waals surface area contributed by atoms with Crippen molar-refractivity contribution in [2.24, 2.45) is 5.41 Å². The third-order valence-electron chi connectivity index (χ3n) is 8.27. The summed E-state index contributed by atoms with van der Waals surface area (Å²) in [5, 5.41) is 5.77. The highest BCUT2D eigenvalue weighted by molar-refractivity contribution is 5.93. The standard InChI is InChI=1S/C30H38F2N4O4/c1-29(2,33-3)27(38)34-25(18-40-17-20-6-10-22(31)11-7-20)26(37)36-15-5-14-30(19-36)24(16-35(4)28(30)39)21-8-12-23(32)13-9-21/h6-13,24-25,33H,5,14-19H2,1-4H3,(H,34,38). The van der Waals surface area contributed by atoms with Crippen molar-refractivity contribution in [1.82, 2.24) is 20.4 Å². The minimum Gasteiger partial charge on any atom is -0.374 e. The molecule has 2 heterocycles. The molecule has 3 amide bonds. The Bertz CT molecular complexity index is 1220. The van der Waals surface area contributed by atoms with E-state index in [0.29, 0.717) is 25.9 Å². The van der Waals surface area contributed by atoms with Gasteiger partial charge in [0.2, 0.25) is 17.7 Å². The van der Waals surface area contributed by atoms with Crippen LogP contribution in [0.25, 0.3) is 0 Å². The van der Waals surface area contributed by atoms with Gasteiger partial charge in [-0.25, -0.2) is 8.78 Å². The van der Waals surface area contributed by atoms with Crippen molar-refractivity contribution in [2.75, 3.05) is 40.3 Å². The normalized spacial score (nSPS) is 22.1. The Morgan fingerprint density at radius 2 is 1.73 bits per heavy atom. The molecule has 2 aromatic carbocycles. The zero-order valence-corrected chi connectivity index (χ0v) is 23.5. The fraction of sp³-hybridized carbons (Fsp3) is 0.500. The van der Waals surface area contributed by atoms with Gasteiger partial charge >= 0.3 is 0 Å². The van der Waals surface area contributed by atoms with Crippen LogP contribution in [0.1, 0.15) is 43.7 Å². The number of piperidine rings is 1. The highest BCUT2D eigenvalue weighted by Crippen LogP contribution is 2.49. The Balaban J connectivity index is 1.55. The highest BCUT2D eigenvalue weighted by atomic mass is 19.1. The number of amides is 3. The molecule has 0 bridgehead atoms. The first-order chi connectivity index (χ1) is 19.0. The largest absolute Gasteiger partial charge is 0.374 e. The number of nitrogens with zero attached hydrogens (tertiary/aromatic N) is 2. The molecule has 2 aliphatic heterocycles. The van der Waals surface area contributed by atoms with E-state index in [2.05, 4.69) is 10.6 Å². The molecule has 2 saturated heterocycles. The summed E-state index contributed by atoms with van der Waals surface area (Å²) in [6, 6.07) is 11.1. The summed E-state index contributed by atoms with van der Waals surface area (Å²) in [4.78, 5) is 43.9. The van der Waals surface area contributed by atoms with Crippen LogP contribution in [0.5, 0.6) is 0 Å². The second-order valence-corrected chi connectivity index (χ2v) is 11.4. The van der Waals surface area contributed by atoms with Crippen LogP contribution in [0.15, 0.2) is 48.5 Å². The summed E-state index contributed by atoms with van der Waals surface area (Å²) in [6.45, 7) is 4.56. The van der Waals surface area contributed by atoms with Crippen LogP contribution >= 0.6 is 0 Å². The van der Waals surface area contributed by atoms with Crippen LogP contribution < -0.4 is 10.6 Å². The Labute approximate surface area is 234 Å². The zero-order chi connectivity index (χ0) is 29.1. The van der Waals surface area contributed by atoms with Crippen LogP contribution in [-0.4, -0.2) is 79.4 Å². The molecule has 8 nitrogen and oxygen atoms in total. The minimum atomic E-state index is -0.991. The van der Waals surface area contributed by atoms with E-state index in [1.54, 1.807) is 62.0 Å². The molecule has 0 radical (unpaired) electrons. The molecule has 2 fully saturated rings. The number of hydrogen-bond donors (Lipinski definition) is 2.